The molecule has 0 unspecified atom stereocenters. The number of rotatable bonds is 5. The van der Waals surface area contributed by atoms with Crippen LogP contribution in [0.4, 0.5) is 28.7 Å². The van der Waals surface area contributed by atoms with Crippen molar-refractivity contribution in [2.75, 3.05) is 10.6 Å². The number of hydrogen-bond donors (Lipinski definition) is 2. The zero-order chi connectivity index (χ0) is 18.7. The maximum absolute atomic E-state index is 11.6. The van der Waals surface area contributed by atoms with Gasteiger partial charge in [-0.05, 0) is 42.8 Å². The topological polar surface area (TPSA) is 93.0 Å². The van der Waals surface area contributed by atoms with Crippen LogP contribution in [-0.4, -0.2) is 14.9 Å². The molecule has 0 radical (unpaired) electrons. The van der Waals surface area contributed by atoms with Crippen LogP contribution in [0.3, 0.4) is 0 Å². The van der Waals surface area contributed by atoms with Crippen LogP contribution in [0.1, 0.15) is 5.56 Å². The van der Waals surface area contributed by atoms with Crippen molar-refractivity contribution in [3.05, 3.63) is 74.5 Å². The molecule has 1 aromatic heterocycles. The van der Waals surface area contributed by atoms with E-state index in [1.54, 1.807) is 18.2 Å². The Morgan fingerprint density at radius 3 is 2.42 bits per heavy atom. The Hall–Kier alpha value is -2.90. The third-order valence-corrected chi connectivity index (χ3v) is 4.02. The first-order valence-electron chi connectivity index (χ1n) is 7.49. The Morgan fingerprint density at radius 1 is 1.04 bits per heavy atom. The molecule has 3 aromatic rings. The van der Waals surface area contributed by atoms with Crippen molar-refractivity contribution < 1.29 is 4.92 Å². The first-order valence-corrected chi connectivity index (χ1v) is 8.25. The molecule has 0 spiro atoms. The minimum Gasteiger partial charge on any atom is -0.334 e. The molecule has 132 valence electrons. The number of nitrogens with zero attached hydrogens (tertiary/aromatic N) is 3. The minimum absolute atomic E-state index is 0.0179. The van der Waals surface area contributed by atoms with Gasteiger partial charge < -0.3 is 10.6 Å². The number of halogens is 2. The summed E-state index contributed by atoms with van der Waals surface area (Å²) in [6, 6.07) is 12.2. The second-order valence-corrected chi connectivity index (χ2v) is 6.26. The molecule has 0 bridgehead atoms. The summed E-state index contributed by atoms with van der Waals surface area (Å²) >= 11 is 12.0. The minimum atomic E-state index is -0.551. The van der Waals surface area contributed by atoms with Crippen molar-refractivity contribution in [1.29, 1.82) is 0 Å². The van der Waals surface area contributed by atoms with Crippen LogP contribution >= 0.6 is 23.2 Å². The van der Waals surface area contributed by atoms with Crippen LogP contribution in [0.5, 0.6) is 0 Å². The molecule has 0 fully saturated rings. The number of nitro groups is 1. The van der Waals surface area contributed by atoms with E-state index in [2.05, 4.69) is 20.6 Å². The molecule has 3 rings (SSSR count). The third kappa shape index (κ3) is 4.01. The fourth-order valence-electron chi connectivity index (χ4n) is 2.31. The Morgan fingerprint density at radius 2 is 1.77 bits per heavy atom. The van der Waals surface area contributed by atoms with E-state index in [0.29, 0.717) is 21.4 Å². The molecule has 7 nitrogen and oxygen atoms in total. The van der Waals surface area contributed by atoms with Gasteiger partial charge in [-0.15, -0.1) is 0 Å². The molecule has 0 saturated heterocycles. The fraction of sp³-hybridized carbons (Fsp3) is 0.0588. The molecule has 0 atom stereocenters. The van der Waals surface area contributed by atoms with Gasteiger partial charge in [0.15, 0.2) is 0 Å². The number of anilines is 4. The van der Waals surface area contributed by atoms with E-state index >= 15 is 0 Å². The van der Waals surface area contributed by atoms with Gasteiger partial charge in [0.25, 0.3) is 0 Å². The molecule has 0 amide bonds. The number of hydrogen-bond acceptors (Lipinski definition) is 6. The summed E-state index contributed by atoms with van der Waals surface area (Å²) in [5, 5.41) is 18.2. The Kier molecular flexibility index (Phi) is 5.20. The highest BCUT2D eigenvalue weighted by Gasteiger charge is 2.24. The molecular weight excluding hydrogens is 377 g/mol. The normalized spacial score (nSPS) is 10.4. The Bertz CT molecular complexity index is 981. The van der Waals surface area contributed by atoms with Gasteiger partial charge in [0.2, 0.25) is 11.6 Å². The first-order chi connectivity index (χ1) is 12.4. The second-order valence-electron chi connectivity index (χ2n) is 5.42. The summed E-state index contributed by atoms with van der Waals surface area (Å²) in [4.78, 5) is 19.1. The summed E-state index contributed by atoms with van der Waals surface area (Å²) in [5.74, 6) is 0.0903. The Labute approximate surface area is 159 Å². The molecule has 0 aliphatic carbocycles. The van der Waals surface area contributed by atoms with Gasteiger partial charge in [0.05, 0.1) is 15.6 Å². The summed E-state index contributed by atoms with van der Waals surface area (Å²) in [7, 11) is 0. The van der Waals surface area contributed by atoms with Crippen LogP contribution < -0.4 is 10.6 Å². The average Bonchev–Trinajstić information content (AvgIpc) is 2.57. The van der Waals surface area contributed by atoms with Crippen molar-refractivity contribution in [3.8, 4) is 0 Å². The highest BCUT2D eigenvalue weighted by molar-refractivity contribution is 6.36. The number of benzene rings is 2. The van der Waals surface area contributed by atoms with Gasteiger partial charge in [-0.1, -0.05) is 35.3 Å². The maximum Gasteiger partial charge on any atom is 0.353 e. The molecule has 1 heterocycles. The zero-order valence-corrected chi connectivity index (χ0v) is 15.0. The fourth-order valence-corrected chi connectivity index (χ4v) is 2.77. The summed E-state index contributed by atoms with van der Waals surface area (Å²) in [6.07, 6.45) is 1.23. The van der Waals surface area contributed by atoms with Crippen molar-refractivity contribution in [2.45, 2.75) is 6.92 Å². The van der Waals surface area contributed by atoms with E-state index in [4.69, 9.17) is 23.2 Å². The highest BCUT2D eigenvalue weighted by atomic mass is 35.5. The van der Waals surface area contributed by atoms with E-state index in [1.165, 1.54) is 12.4 Å². The van der Waals surface area contributed by atoms with Crippen LogP contribution in [0, 0.1) is 17.0 Å². The lowest BCUT2D eigenvalue weighted by Crippen LogP contribution is -2.05. The van der Waals surface area contributed by atoms with E-state index in [9.17, 15) is 10.1 Å². The van der Waals surface area contributed by atoms with E-state index in [1.807, 2.05) is 25.1 Å². The van der Waals surface area contributed by atoms with Crippen LogP contribution in [-0.2, 0) is 0 Å². The molecular formula is C17H13Cl2N5O2. The lowest BCUT2D eigenvalue weighted by Gasteiger charge is -2.11. The van der Waals surface area contributed by atoms with Crippen LogP contribution in [0.2, 0.25) is 10.0 Å². The van der Waals surface area contributed by atoms with Gasteiger partial charge in [-0.2, -0.15) is 0 Å². The monoisotopic (exact) mass is 389 g/mol. The number of nitrogens with one attached hydrogen (secondary N) is 2. The summed E-state index contributed by atoms with van der Waals surface area (Å²) < 4.78 is 0. The Balaban J connectivity index is 1.99. The van der Waals surface area contributed by atoms with Crippen molar-refractivity contribution in [2.24, 2.45) is 0 Å². The van der Waals surface area contributed by atoms with Crippen LogP contribution in [0.25, 0.3) is 0 Å². The van der Waals surface area contributed by atoms with E-state index in [0.717, 1.165) is 5.56 Å². The van der Waals surface area contributed by atoms with Gasteiger partial charge >= 0.3 is 5.69 Å². The largest absolute Gasteiger partial charge is 0.353 e. The molecule has 0 saturated carbocycles. The van der Waals surface area contributed by atoms with E-state index in [-0.39, 0.29) is 17.3 Å². The lowest BCUT2D eigenvalue weighted by molar-refractivity contribution is -0.383. The summed E-state index contributed by atoms with van der Waals surface area (Å²) in [6.45, 7) is 1.93. The van der Waals surface area contributed by atoms with Gasteiger partial charge in [-0.3, -0.25) is 10.1 Å². The average molecular weight is 390 g/mol. The van der Waals surface area contributed by atoms with Gasteiger partial charge in [0.1, 0.15) is 6.33 Å². The van der Waals surface area contributed by atoms with Crippen molar-refractivity contribution >= 4 is 51.9 Å². The summed E-state index contributed by atoms with van der Waals surface area (Å²) in [5.41, 5.74) is 1.85. The number of aryl methyl sites for hydroxylation is 1. The van der Waals surface area contributed by atoms with Crippen molar-refractivity contribution in [1.82, 2.24) is 9.97 Å². The third-order valence-electron chi connectivity index (χ3n) is 3.47. The molecule has 2 aromatic carbocycles. The molecule has 9 heteroatoms. The predicted molar refractivity (Wildman–Crippen MR) is 103 cm³/mol. The SMILES string of the molecule is Cc1cccc(Nc2ncnc(Nc3ccc(Cl)cc3Cl)c2[N+](=O)[O-])c1. The van der Waals surface area contributed by atoms with Gasteiger partial charge in [-0.25, -0.2) is 9.97 Å². The molecule has 0 aliphatic heterocycles. The molecule has 2 N–H and O–H groups in total. The quantitative estimate of drug-likeness (QED) is 0.442. The first kappa shape index (κ1) is 17.9. The standard InChI is InChI=1S/C17H13Cl2N5O2/c1-10-3-2-4-12(7-10)22-16-15(24(25)26)17(21-9-20-16)23-14-6-5-11(18)8-13(14)19/h2-9H,1H3,(H2,20,21,22,23). The van der Waals surface area contributed by atoms with Crippen molar-refractivity contribution in [3.63, 3.8) is 0 Å². The second kappa shape index (κ2) is 7.55. The number of aromatic nitrogens is 2. The highest BCUT2D eigenvalue weighted by Crippen LogP contribution is 2.35. The predicted octanol–water partition coefficient (Wildman–Crippen LogP) is 5.49. The van der Waals surface area contributed by atoms with Crippen LogP contribution in [0.15, 0.2) is 48.8 Å². The lowest BCUT2D eigenvalue weighted by atomic mass is 10.2. The smallest absolute Gasteiger partial charge is 0.334 e. The maximum atomic E-state index is 11.6. The molecule has 0 aliphatic rings. The van der Waals surface area contributed by atoms with E-state index < -0.39 is 4.92 Å². The molecule has 26 heavy (non-hydrogen) atoms. The zero-order valence-electron chi connectivity index (χ0n) is 13.5. The van der Waals surface area contributed by atoms with Gasteiger partial charge in [0, 0.05) is 10.7 Å².